The van der Waals surface area contributed by atoms with Gasteiger partial charge in [0.25, 0.3) is 5.91 Å². The normalized spacial score (nSPS) is 31.7. The molecule has 0 radical (unpaired) electrons. The first-order valence-electron chi connectivity index (χ1n) is 10.6. The summed E-state index contributed by atoms with van der Waals surface area (Å²) >= 11 is 0. The predicted octanol–water partition coefficient (Wildman–Crippen LogP) is 3.28. The average Bonchev–Trinajstić information content (AvgIpc) is 2.66. The minimum absolute atomic E-state index is 0.0140. The quantitative estimate of drug-likeness (QED) is 0.766. The highest BCUT2D eigenvalue weighted by molar-refractivity contribution is 7.89. The second-order valence-corrected chi connectivity index (χ2v) is 11.7. The van der Waals surface area contributed by atoms with Crippen molar-refractivity contribution in [2.24, 2.45) is 23.2 Å². The highest BCUT2D eigenvalue weighted by Crippen LogP contribution is 2.61. The molecule has 1 aromatic rings. The van der Waals surface area contributed by atoms with Crippen LogP contribution in [0.3, 0.4) is 0 Å². The van der Waals surface area contributed by atoms with E-state index >= 15 is 0 Å². The molecule has 4 bridgehead atoms. The SMILES string of the molecule is COc1ccc(C(=O)N[C@@H](C)C23CC4CC(CC(C4)C2)C3)cc1S(=O)(=O)N(C)C. The fraction of sp³-hybridized carbons (Fsp3) is 0.682. The third kappa shape index (κ3) is 3.56. The van der Waals surface area contributed by atoms with Gasteiger partial charge < -0.3 is 10.1 Å². The summed E-state index contributed by atoms with van der Waals surface area (Å²) in [6.07, 6.45) is 7.73. The molecule has 1 aromatic carbocycles. The zero-order chi connectivity index (χ0) is 21.0. The van der Waals surface area contributed by atoms with Crippen LogP contribution < -0.4 is 10.1 Å². The molecule has 0 heterocycles. The number of ether oxygens (including phenoxy) is 1. The highest BCUT2D eigenvalue weighted by Gasteiger charge is 2.53. The van der Waals surface area contributed by atoms with Gasteiger partial charge in [0.05, 0.1) is 7.11 Å². The predicted molar refractivity (Wildman–Crippen MR) is 111 cm³/mol. The lowest BCUT2D eigenvalue weighted by Gasteiger charge is -2.59. The summed E-state index contributed by atoms with van der Waals surface area (Å²) in [6, 6.07) is 4.70. The first-order valence-corrected chi connectivity index (χ1v) is 12.0. The third-order valence-electron chi connectivity index (χ3n) is 7.54. The number of sulfonamides is 1. The molecular formula is C22H32N2O4S. The van der Waals surface area contributed by atoms with Crippen molar-refractivity contribution in [3.63, 3.8) is 0 Å². The van der Waals surface area contributed by atoms with Crippen molar-refractivity contribution < 1.29 is 17.9 Å². The van der Waals surface area contributed by atoms with Crippen LogP contribution in [0.25, 0.3) is 0 Å². The summed E-state index contributed by atoms with van der Waals surface area (Å²) in [6.45, 7) is 2.13. The van der Waals surface area contributed by atoms with E-state index < -0.39 is 10.0 Å². The van der Waals surface area contributed by atoms with Gasteiger partial charge in [0.15, 0.2) is 0 Å². The molecule has 0 unspecified atom stereocenters. The molecule has 1 N–H and O–H groups in total. The van der Waals surface area contributed by atoms with E-state index in [1.807, 2.05) is 0 Å². The standard InChI is InChI=1S/C22H32N2O4S/c1-14(22-11-15-7-16(12-22)9-17(8-15)13-22)23-21(25)18-5-6-19(28-4)20(10-18)29(26,27)24(2)3/h5-6,10,14-17H,7-9,11-13H2,1-4H3,(H,23,25)/t14-,15?,16?,17?,22?/m0/s1. The van der Waals surface area contributed by atoms with Gasteiger partial charge in [-0.05, 0) is 86.8 Å². The van der Waals surface area contributed by atoms with Crippen LogP contribution in [-0.2, 0) is 10.0 Å². The van der Waals surface area contributed by atoms with Gasteiger partial charge in [-0.2, -0.15) is 0 Å². The van der Waals surface area contributed by atoms with Crippen LogP contribution in [0.2, 0.25) is 0 Å². The Morgan fingerprint density at radius 2 is 1.69 bits per heavy atom. The van der Waals surface area contributed by atoms with Crippen LogP contribution in [0.4, 0.5) is 0 Å². The van der Waals surface area contributed by atoms with E-state index in [2.05, 4.69) is 12.2 Å². The van der Waals surface area contributed by atoms with E-state index in [1.165, 1.54) is 65.8 Å². The number of nitrogens with zero attached hydrogens (tertiary/aromatic N) is 1. The molecule has 4 aliphatic rings. The molecule has 0 aromatic heterocycles. The number of amides is 1. The maximum atomic E-state index is 13.0. The first kappa shape index (κ1) is 20.7. The molecular weight excluding hydrogens is 388 g/mol. The number of carbonyl (C=O) groups is 1. The number of benzene rings is 1. The summed E-state index contributed by atoms with van der Waals surface area (Å²) in [4.78, 5) is 13.1. The molecule has 6 nitrogen and oxygen atoms in total. The summed E-state index contributed by atoms with van der Waals surface area (Å²) in [5.74, 6) is 2.48. The Morgan fingerprint density at radius 3 is 2.17 bits per heavy atom. The van der Waals surface area contributed by atoms with Crippen molar-refractivity contribution in [3.05, 3.63) is 23.8 Å². The first-order chi connectivity index (χ1) is 13.6. The van der Waals surface area contributed by atoms with Crippen molar-refractivity contribution in [1.82, 2.24) is 9.62 Å². The zero-order valence-electron chi connectivity index (χ0n) is 17.8. The van der Waals surface area contributed by atoms with E-state index in [4.69, 9.17) is 4.74 Å². The van der Waals surface area contributed by atoms with Gasteiger partial charge in [-0.25, -0.2) is 12.7 Å². The second kappa shape index (κ2) is 7.27. The lowest BCUT2D eigenvalue weighted by Crippen LogP contribution is -2.55. The van der Waals surface area contributed by atoms with E-state index in [1.54, 1.807) is 12.1 Å². The smallest absolute Gasteiger partial charge is 0.251 e. The number of methoxy groups -OCH3 is 1. The van der Waals surface area contributed by atoms with Gasteiger partial charge in [0.2, 0.25) is 10.0 Å². The largest absolute Gasteiger partial charge is 0.495 e. The Morgan fingerprint density at radius 1 is 1.14 bits per heavy atom. The Bertz CT molecular complexity index is 874. The molecule has 7 heteroatoms. The minimum Gasteiger partial charge on any atom is -0.495 e. The van der Waals surface area contributed by atoms with Gasteiger partial charge in [-0.1, -0.05) is 0 Å². The molecule has 160 valence electrons. The lowest BCUT2D eigenvalue weighted by atomic mass is 9.48. The van der Waals surface area contributed by atoms with E-state index in [-0.39, 0.29) is 28.0 Å². The van der Waals surface area contributed by atoms with Crippen LogP contribution in [-0.4, -0.2) is 45.9 Å². The summed E-state index contributed by atoms with van der Waals surface area (Å²) in [5, 5.41) is 3.21. The van der Waals surface area contributed by atoms with E-state index in [9.17, 15) is 13.2 Å². The van der Waals surface area contributed by atoms with Crippen molar-refractivity contribution in [2.75, 3.05) is 21.2 Å². The average molecular weight is 421 g/mol. The molecule has 0 aliphatic heterocycles. The molecule has 1 amide bonds. The summed E-state index contributed by atoms with van der Waals surface area (Å²) in [5.41, 5.74) is 0.554. The van der Waals surface area contributed by atoms with Gasteiger partial charge in [-0.15, -0.1) is 0 Å². The molecule has 0 spiro atoms. The maximum absolute atomic E-state index is 13.0. The van der Waals surface area contributed by atoms with Crippen molar-refractivity contribution >= 4 is 15.9 Å². The van der Waals surface area contributed by atoms with E-state index in [0.717, 1.165) is 22.1 Å². The van der Waals surface area contributed by atoms with Gasteiger partial charge in [-0.3, -0.25) is 4.79 Å². The number of hydrogen-bond acceptors (Lipinski definition) is 4. The van der Waals surface area contributed by atoms with Crippen LogP contribution >= 0.6 is 0 Å². The van der Waals surface area contributed by atoms with Crippen LogP contribution in [0.15, 0.2) is 23.1 Å². The van der Waals surface area contributed by atoms with E-state index in [0.29, 0.717) is 5.56 Å². The molecule has 5 rings (SSSR count). The molecule has 29 heavy (non-hydrogen) atoms. The number of nitrogens with one attached hydrogen (secondary N) is 1. The van der Waals surface area contributed by atoms with Gasteiger partial charge in [0.1, 0.15) is 10.6 Å². The molecule has 1 atom stereocenters. The molecule has 0 saturated heterocycles. The molecule has 4 saturated carbocycles. The molecule has 4 fully saturated rings. The Labute approximate surface area is 174 Å². The Hall–Kier alpha value is -1.60. The topological polar surface area (TPSA) is 75.7 Å². The summed E-state index contributed by atoms with van der Waals surface area (Å²) < 4.78 is 31.7. The number of rotatable bonds is 6. The van der Waals surface area contributed by atoms with Gasteiger partial charge >= 0.3 is 0 Å². The monoisotopic (exact) mass is 420 g/mol. The number of hydrogen-bond donors (Lipinski definition) is 1. The van der Waals surface area contributed by atoms with Crippen molar-refractivity contribution in [3.8, 4) is 5.75 Å². The van der Waals surface area contributed by atoms with Crippen molar-refractivity contribution in [2.45, 2.75) is 56.4 Å². The lowest BCUT2D eigenvalue weighted by molar-refractivity contribution is -0.0688. The Balaban J connectivity index is 1.56. The third-order valence-corrected chi connectivity index (χ3v) is 9.37. The minimum atomic E-state index is -3.71. The zero-order valence-corrected chi connectivity index (χ0v) is 18.6. The fourth-order valence-corrected chi connectivity index (χ4v) is 7.43. The Kier molecular flexibility index (Phi) is 5.18. The van der Waals surface area contributed by atoms with Crippen LogP contribution in [0.5, 0.6) is 5.75 Å². The number of carbonyl (C=O) groups excluding carboxylic acids is 1. The highest BCUT2D eigenvalue weighted by atomic mass is 32.2. The molecule has 4 aliphatic carbocycles. The second-order valence-electron chi connectivity index (χ2n) is 9.63. The fourth-order valence-electron chi connectivity index (χ4n) is 6.36. The van der Waals surface area contributed by atoms with Crippen molar-refractivity contribution in [1.29, 1.82) is 0 Å². The van der Waals surface area contributed by atoms with Gasteiger partial charge in [0, 0.05) is 25.7 Å². The van der Waals surface area contributed by atoms with Crippen LogP contribution in [0.1, 0.15) is 55.8 Å². The van der Waals surface area contributed by atoms with Crippen LogP contribution in [0, 0.1) is 23.2 Å². The summed E-state index contributed by atoms with van der Waals surface area (Å²) in [7, 11) is 0.655. The maximum Gasteiger partial charge on any atom is 0.251 e.